The Balaban J connectivity index is 3.38. The van der Waals surface area contributed by atoms with Gasteiger partial charge < -0.3 is 20.5 Å². The lowest BCUT2D eigenvalue weighted by Gasteiger charge is -2.15. The van der Waals surface area contributed by atoms with E-state index in [9.17, 15) is 14.6 Å². The number of phosphoric ester groups is 1. The number of aliphatic hydroxyl groups is 1. The zero-order valence-corrected chi connectivity index (χ0v) is 18.9. The molecule has 0 saturated heterocycles. The molecule has 0 aliphatic rings. The molecular formula is C21H42NO6P. The lowest BCUT2D eigenvalue weighted by Crippen LogP contribution is -2.22. The quantitative estimate of drug-likeness (QED) is 0.138. The third kappa shape index (κ3) is 22.0. The molecule has 172 valence electrons. The van der Waals surface area contributed by atoms with Gasteiger partial charge in [-0.15, -0.1) is 0 Å². The van der Waals surface area contributed by atoms with Crippen LogP contribution in [0.3, 0.4) is 0 Å². The number of unbranched alkanes of at least 4 members (excludes halogenated alkanes) is 7. The molecule has 0 bridgehead atoms. The molecule has 0 aromatic heterocycles. The van der Waals surface area contributed by atoms with E-state index in [1.807, 2.05) is 0 Å². The highest BCUT2D eigenvalue weighted by atomic mass is 31.2. The molecule has 0 fully saturated rings. The van der Waals surface area contributed by atoms with E-state index < -0.39 is 13.9 Å². The third-order valence-electron chi connectivity index (χ3n) is 4.08. The molecule has 0 saturated carbocycles. The molecular weight excluding hydrogens is 393 g/mol. The Kier molecular flexibility index (Phi) is 20.4. The van der Waals surface area contributed by atoms with Gasteiger partial charge in [0.1, 0.15) is 6.10 Å². The van der Waals surface area contributed by atoms with Gasteiger partial charge in [0.15, 0.2) is 0 Å². The van der Waals surface area contributed by atoms with Crippen LogP contribution in [-0.4, -0.2) is 49.1 Å². The monoisotopic (exact) mass is 435 g/mol. The number of phosphoric acid groups is 1. The molecule has 0 aromatic rings. The van der Waals surface area contributed by atoms with E-state index in [0.717, 1.165) is 25.7 Å². The number of ether oxygens (including phenoxy) is 1. The maximum absolute atomic E-state index is 11.4. The van der Waals surface area contributed by atoms with Crippen LogP contribution >= 0.6 is 7.82 Å². The van der Waals surface area contributed by atoms with Crippen LogP contribution in [0.5, 0.6) is 0 Å². The Labute approximate surface area is 176 Å². The molecule has 0 rings (SSSR count). The average Bonchev–Trinajstić information content (AvgIpc) is 2.70. The molecule has 0 spiro atoms. The van der Waals surface area contributed by atoms with Crippen LogP contribution in [0, 0.1) is 0 Å². The van der Waals surface area contributed by atoms with Crippen molar-refractivity contribution in [1.82, 2.24) is 0 Å². The smallest absolute Gasteiger partial charge is 0.388 e. The van der Waals surface area contributed by atoms with Crippen LogP contribution in [0.2, 0.25) is 0 Å². The fourth-order valence-corrected chi connectivity index (χ4v) is 3.27. The third-order valence-corrected chi connectivity index (χ3v) is 5.07. The second kappa shape index (κ2) is 20.7. The number of allylic oxidation sites excluding steroid dienone is 4. The molecule has 0 aromatic carbocycles. The van der Waals surface area contributed by atoms with Crippen LogP contribution in [0.1, 0.15) is 71.1 Å². The highest BCUT2D eigenvalue weighted by molar-refractivity contribution is 7.47. The van der Waals surface area contributed by atoms with E-state index in [1.54, 1.807) is 0 Å². The molecule has 2 atom stereocenters. The first-order chi connectivity index (χ1) is 14.0. The first kappa shape index (κ1) is 28.5. The fraction of sp³-hybridized carbons (Fsp3) is 0.810. The van der Waals surface area contributed by atoms with E-state index in [2.05, 4.69) is 40.3 Å². The van der Waals surface area contributed by atoms with Crippen LogP contribution in [-0.2, 0) is 18.3 Å². The number of hydrogen-bond donors (Lipinski definition) is 3. The summed E-state index contributed by atoms with van der Waals surface area (Å²) >= 11 is 0. The predicted molar refractivity (Wildman–Crippen MR) is 118 cm³/mol. The largest absolute Gasteiger partial charge is 0.472 e. The number of nitrogens with two attached hydrogens (primary N) is 1. The first-order valence-electron chi connectivity index (χ1n) is 10.9. The highest BCUT2D eigenvalue weighted by Gasteiger charge is 2.22. The zero-order chi connectivity index (χ0) is 21.6. The molecule has 8 heteroatoms. The first-order valence-corrected chi connectivity index (χ1v) is 12.4. The van der Waals surface area contributed by atoms with Crippen molar-refractivity contribution in [2.24, 2.45) is 5.73 Å². The molecule has 0 aliphatic heterocycles. The van der Waals surface area contributed by atoms with Gasteiger partial charge in [0.05, 0.1) is 19.8 Å². The van der Waals surface area contributed by atoms with Gasteiger partial charge in [-0.1, -0.05) is 63.3 Å². The molecule has 2 unspecified atom stereocenters. The van der Waals surface area contributed by atoms with E-state index in [-0.39, 0.29) is 26.4 Å². The summed E-state index contributed by atoms with van der Waals surface area (Å²) in [4.78, 5) is 9.30. The minimum absolute atomic E-state index is 0.0663. The van der Waals surface area contributed by atoms with Crippen molar-refractivity contribution in [3.05, 3.63) is 24.3 Å². The lowest BCUT2D eigenvalue weighted by molar-refractivity contribution is 0.00230. The SMILES string of the molecule is CCC/C=C\C/C=C\CCCCCCCCOCC(O)COP(=O)(O)OCCN. The Morgan fingerprint density at radius 3 is 2.24 bits per heavy atom. The molecule has 0 aliphatic carbocycles. The van der Waals surface area contributed by atoms with Gasteiger partial charge in [0, 0.05) is 13.2 Å². The molecule has 29 heavy (non-hydrogen) atoms. The van der Waals surface area contributed by atoms with Gasteiger partial charge in [-0.25, -0.2) is 4.57 Å². The van der Waals surface area contributed by atoms with E-state index in [0.29, 0.717) is 6.61 Å². The Bertz CT molecular complexity index is 458. The van der Waals surface area contributed by atoms with Crippen molar-refractivity contribution >= 4 is 7.82 Å². The van der Waals surface area contributed by atoms with E-state index >= 15 is 0 Å². The zero-order valence-electron chi connectivity index (χ0n) is 18.0. The Morgan fingerprint density at radius 2 is 1.55 bits per heavy atom. The van der Waals surface area contributed by atoms with Crippen LogP contribution in [0.15, 0.2) is 24.3 Å². The predicted octanol–water partition coefficient (Wildman–Crippen LogP) is 4.49. The molecule has 4 N–H and O–H groups in total. The second-order valence-electron chi connectivity index (χ2n) is 6.99. The number of rotatable bonds is 21. The minimum atomic E-state index is -4.14. The van der Waals surface area contributed by atoms with E-state index in [1.165, 1.54) is 38.5 Å². The van der Waals surface area contributed by atoms with Gasteiger partial charge >= 0.3 is 7.82 Å². The summed E-state index contributed by atoms with van der Waals surface area (Å²) < 4.78 is 26.0. The second-order valence-corrected chi connectivity index (χ2v) is 8.45. The average molecular weight is 436 g/mol. The topological polar surface area (TPSA) is 111 Å². The summed E-state index contributed by atoms with van der Waals surface area (Å²) in [5, 5.41) is 9.68. The Hall–Kier alpha value is -0.530. The van der Waals surface area contributed by atoms with Crippen molar-refractivity contribution in [3.8, 4) is 0 Å². The van der Waals surface area contributed by atoms with Crippen molar-refractivity contribution < 1.29 is 28.3 Å². The van der Waals surface area contributed by atoms with Crippen molar-refractivity contribution in [3.63, 3.8) is 0 Å². The summed E-state index contributed by atoms with van der Waals surface area (Å²) in [6, 6.07) is 0. The summed E-state index contributed by atoms with van der Waals surface area (Å²) in [7, 11) is -4.14. The maximum atomic E-state index is 11.4. The van der Waals surface area contributed by atoms with Crippen LogP contribution < -0.4 is 5.73 Å². The normalized spacial score (nSPS) is 15.3. The summed E-state index contributed by atoms with van der Waals surface area (Å²) in [6.45, 7) is 2.54. The summed E-state index contributed by atoms with van der Waals surface area (Å²) in [5.74, 6) is 0. The van der Waals surface area contributed by atoms with Crippen molar-refractivity contribution in [1.29, 1.82) is 0 Å². The van der Waals surface area contributed by atoms with E-state index in [4.69, 9.17) is 10.5 Å². The van der Waals surface area contributed by atoms with Crippen molar-refractivity contribution in [2.75, 3.05) is 33.0 Å². The number of aliphatic hydroxyl groups excluding tert-OH is 1. The summed E-state index contributed by atoms with van der Waals surface area (Å²) in [5.41, 5.74) is 5.18. The van der Waals surface area contributed by atoms with Crippen LogP contribution in [0.25, 0.3) is 0 Å². The van der Waals surface area contributed by atoms with Gasteiger partial charge in [-0.2, -0.15) is 0 Å². The minimum Gasteiger partial charge on any atom is -0.388 e. The number of hydrogen-bond acceptors (Lipinski definition) is 6. The molecule has 0 radical (unpaired) electrons. The van der Waals surface area contributed by atoms with Crippen molar-refractivity contribution in [2.45, 2.75) is 77.2 Å². The summed E-state index contributed by atoms with van der Waals surface area (Å²) in [6.07, 6.45) is 19.6. The molecule has 0 amide bonds. The lowest BCUT2D eigenvalue weighted by atomic mass is 10.1. The molecule has 0 heterocycles. The van der Waals surface area contributed by atoms with Gasteiger partial charge in [-0.3, -0.25) is 9.05 Å². The van der Waals surface area contributed by atoms with Crippen LogP contribution in [0.4, 0.5) is 0 Å². The standard InChI is InChI=1S/C21H42NO6P/c1-2-3-4-5-6-7-8-9-10-11-12-13-14-15-17-26-19-21(23)20-28-29(24,25)27-18-16-22/h4-5,7-8,21,23H,2-3,6,9-20,22H2,1H3,(H,24,25)/b5-4-,8-7-. The maximum Gasteiger partial charge on any atom is 0.472 e. The fourth-order valence-electron chi connectivity index (χ4n) is 2.50. The highest BCUT2D eigenvalue weighted by Crippen LogP contribution is 2.42. The Morgan fingerprint density at radius 1 is 0.897 bits per heavy atom. The molecule has 7 nitrogen and oxygen atoms in total. The van der Waals surface area contributed by atoms with Gasteiger partial charge in [0.2, 0.25) is 0 Å². The van der Waals surface area contributed by atoms with Gasteiger partial charge in [-0.05, 0) is 32.1 Å². The van der Waals surface area contributed by atoms with Gasteiger partial charge in [0.25, 0.3) is 0 Å².